The summed E-state index contributed by atoms with van der Waals surface area (Å²) in [5.74, 6) is 0.0978. The maximum atomic E-state index is 12.7. The summed E-state index contributed by atoms with van der Waals surface area (Å²) in [5, 5.41) is 8.65. The van der Waals surface area contributed by atoms with Crippen LogP contribution in [0.15, 0.2) is 41.8 Å². The summed E-state index contributed by atoms with van der Waals surface area (Å²) in [6, 6.07) is 12.4. The number of rotatable bonds is 4. The predicted octanol–water partition coefficient (Wildman–Crippen LogP) is 3.91. The Hall–Kier alpha value is -1.81. The van der Waals surface area contributed by atoms with E-state index in [9.17, 15) is 4.79 Å². The Morgan fingerprint density at radius 2 is 2.24 bits per heavy atom. The van der Waals surface area contributed by atoms with Crippen LogP contribution in [0.4, 0.5) is 5.69 Å². The van der Waals surface area contributed by atoms with Gasteiger partial charge in [-0.1, -0.05) is 31.2 Å². The molecule has 0 spiro atoms. The molecule has 0 saturated carbocycles. The first-order chi connectivity index (χ1) is 10.3. The van der Waals surface area contributed by atoms with Crippen molar-refractivity contribution in [1.82, 2.24) is 5.32 Å². The maximum Gasteiger partial charge on any atom is 0.228 e. The second-order valence-corrected chi connectivity index (χ2v) is 6.32. The minimum absolute atomic E-state index is 0.0449. The Kier molecular flexibility index (Phi) is 4.25. The Labute approximate surface area is 129 Å². The van der Waals surface area contributed by atoms with Gasteiger partial charge in [0.05, 0.1) is 12.0 Å². The summed E-state index contributed by atoms with van der Waals surface area (Å²) < 4.78 is 0. The predicted molar refractivity (Wildman–Crippen MR) is 87.8 cm³/mol. The van der Waals surface area contributed by atoms with Crippen molar-refractivity contribution in [3.8, 4) is 0 Å². The summed E-state index contributed by atoms with van der Waals surface area (Å²) in [5.41, 5.74) is 2.20. The molecule has 1 amide bonds. The zero-order valence-corrected chi connectivity index (χ0v) is 13.0. The Morgan fingerprint density at radius 3 is 3.00 bits per heavy atom. The van der Waals surface area contributed by atoms with Crippen molar-refractivity contribution < 1.29 is 4.79 Å². The number of anilines is 1. The highest BCUT2D eigenvalue weighted by atomic mass is 32.1. The van der Waals surface area contributed by atoms with Crippen molar-refractivity contribution in [2.24, 2.45) is 0 Å². The number of amides is 1. The first-order valence-corrected chi connectivity index (χ1v) is 8.34. The average molecular weight is 300 g/mol. The summed E-state index contributed by atoms with van der Waals surface area (Å²) in [6.45, 7) is 2.96. The van der Waals surface area contributed by atoms with Crippen LogP contribution in [0.25, 0.3) is 0 Å². The van der Waals surface area contributed by atoms with Gasteiger partial charge in [0, 0.05) is 17.1 Å². The molecule has 3 nitrogen and oxygen atoms in total. The van der Waals surface area contributed by atoms with Crippen LogP contribution in [0.2, 0.25) is 0 Å². The van der Waals surface area contributed by atoms with Crippen molar-refractivity contribution in [1.29, 1.82) is 0 Å². The van der Waals surface area contributed by atoms with E-state index < -0.39 is 0 Å². The third-order valence-electron chi connectivity index (χ3n) is 4.01. The van der Waals surface area contributed by atoms with E-state index in [0.717, 1.165) is 30.6 Å². The highest BCUT2D eigenvalue weighted by molar-refractivity contribution is 7.10. The molecule has 2 N–H and O–H groups in total. The fourth-order valence-corrected chi connectivity index (χ4v) is 3.74. The lowest BCUT2D eigenvalue weighted by atomic mass is 9.90. The molecule has 4 heteroatoms. The molecule has 0 bridgehead atoms. The zero-order chi connectivity index (χ0) is 14.7. The van der Waals surface area contributed by atoms with E-state index in [1.807, 2.05) is 24.3 Å². The zero-order valence-electron chi connectivity index (χ0n) is 12.1. The summed E-state index contributed by atoms with van der Waals surface area (Å²) in [4.78, 5) is 13.9. The molecule has 2 atom stereocenters. The fourth-order valence-electron chi connectivity index (χ4n) is 2.88. The van der Waals surface area contributed by atoms with Crippen LogP contribution in [-0.2, 0) is 4.79 Å². The van der Waals surface area contributed by atoms with Gasteiger partial charge < -0.3 is 10.6 Å². The van der Waals surface area contributed by atoms with Crippen molar-refractivity contribution in [2.45, 2.75) is 31.7 Å². The molecule has 3 rings (SSSR count). The van der Waals surface area contributed by atoms with Crippen molar-refractivity contribution >= 4 is 22.9 Å². The van der Waals surface area contributed by atoms with Gasteiger partial charge in [0.15, 0.2) is 0 Å². The van der Waals surface area contributed by atoms with Gasteiger partial charge in [-0.25, -0.2) is 0 Å². The third kappa shape index (κ3) is 2.95. The largest absolute Gasteiger partial charge is 0.385 e. The van der Waals surface area contributed by atoms with Crippen LogP contribution >= 0.6 is 11.3 Å². The van der Waals surface area contributed by atoms with Crippen LogP contribution in [-0.4, -0.2) is 12.5 Å². The summed E-state index contributed by atoms with van der Waals surface area (Å²) in [6.07, 6.45) is 1.77. The molecular formula is C17H20N2OS. The lowest BCUT2D eigenvalue weighted by Crippen LogP contribution is -2.35. The molecule has 2 heterocycles. The molecule has 1 aromatic carbocycles. The molecule has 0 saturated heterocycles. The lowest BCUT2D eigenvalue weighted by Gasteiger charge is -2.27. The van der Waals surface area contributed by atoms with E-state index in [4.69, 9.17) is 0 Å². The monoisotopic (exact) mass is 300 g/mol. The van der Waals surface area contributed by atoms with Crippen molar-refractivity contribution in [3.63, 3.8) is 0 Å². The first kappa shape index (κ1) is 14.1. The molecule has 0 aliphatic carbocycles. The van der Waals surface area contributed by atoms with Gasteiger partial charge >= 0.3 is 0 Å². The molecule has 21 heavy (non-hydrogen) atoms. The molecule has 110 valence electrons. The quantitative estimate of drug-likeness (QED) is 0.898. The van der Waals surface area contributed by atoms with Gasteiger partial charge in [0.1, 0.15) is 0 Å². The molecular weight excluding hydrogens is 280 g/mol. The van der Waals surface area contributed by atoms with Crippen LogP contribution < -0.4 is 10.6 Å². The maximum absolute atomic E-state index is 12.7. The number of hydrogen-bond acceptors (Lipinski definition) is 3. The second kappa shape index (κ2) is 6.31. The number of para-hydroxylation sites is 1. The molecule has 2 unspecified atom stereocenters. The highest BCUT2D eigenvalue weighted by Gasteiger charge is 2.27. The second-order valence-electron chi connectivity index (χ2n) is 5.34. The lowest BCUT2D eigenvalue weighted by molar-refractivity contribution is -0.123. The number of carbonyl (C=O) groups excluding carboxylic acids is 1. The first-order valence-electron chi connectivity index (χ1n) is 7.46. The van der Waals surface area contributed by atoms with E-state index in [1.165, 1.54) is 4.88 Å². The molecule has 1 aliphatic rings. The number of benzene rings is 1. The Morgan fingerprint density at radius 1 is 1.38 bits per heavy atom. The minimum Gasteiger partial charge on any atom is -0.385 e. The van der Waals surface area contributed by atoms with Gasteiger partial charge in [-0.2, -0.15) is 0 Å². The molecule has 0 radical (unpaired) electrons. The van der Waals surface area contributed by atoms with Crippen LogP contribution in [0.3, 0.4) is 0 Å². The van der Waals surface area contributed by atoms with Gasteiger partial charge in [-0.3, -0.25) is 4.79 Å². The molecule has 1 aliphatic heterocycles. The van der Waals surface area contributed by atoms with E-state index in [0.29, 0.717) is 0 Å². The van der Waals surface area contributed by atoms with E-state index in [1.54, 1.807) is 11.3 Å². The SMILES string of the molecule is CCC(NC(=O)C1CCNc2ccccc21)c1cccs1. The number of thiophene rings is 1. The van der Waals surface area contributed by atoms with Crippen LogP contribution in [0.5, 0.6) is 0 Å². The van der Waals surface area contributed by atoms with Gasteiger partial charge in [-0.05, 0) is 35.9 Å². The molecule has 1 aromatic heterocycles. The number of hydrogen-bond donors (Lipinski definition) is 2. The topological polar surface area (TPSA) is 41.1 Å². The summed E-state index contributed by atoms with van der Waals surface area (Å²) >= 11 is 1.70. The number of nitrogens with one attached hydrogen (secondary N) is 2. The smallest absolute Gasteiger partial charge is 0.228 e. The number of carbonyl (C=O) groups is 1. The van der Waals surface area contributed by atoms with Gasteiger partial charge in [0.25, 0.3) is 0 Å². The molecule has 0 fully saturated rings. The Bertz CT molecular complexity index is 609. The van der Waals surface area contributed by atoms with E-state index >= 15 is 0 Å². The minimum atomic E-state index is -0.0449. The molecule has 2 aromatic rings. The number of fused-ring (bicyclic) bond motifs is 1. The normalized spacial score (nSPS) is 18.4. The highest BCUT2D eigenvalue weighted by Crippen LogP contribution is 2.32. The summed E-state index contributed by atoms with van der Waals surface area (Å²) in [7, 11) is 0. The van der Waals surface area contributed by atoms with Crippen LogP contribution in [0.1, 0.15) is 42.2 Å². The van der Waals surface area contributed by atoms with Crippen molar-refractivity contribution in [2.75, 3.05) is 11.9 Å². The fraction of sp³-hybridized carbons (Fsp3) is 0.353. The average Bonchev–Trinajstić information content (AvgIpc) is 3.06. The Balaban J connectivity index is 1.77. The van der Waals surface area contributed by atoms with Gasteiger partial charge in [-0.15, -0.1) is 11.3 Å². The van der Waals surface area contributed by atoms with Gasteiger partial charge in [0.2, 0.25) is 5.91 Å². The van der Waals surface area contributed by atoms with Crippen LogP contribution in [0, 0.1) is 0 Å². The van der Waals surface area contributed by atoms with E-state index in [2.05, 4.69) is 35.1 Å². The van der Waals surface area contributed by atoms with E-state index in [-0.39, 0.29) is 17.9 Å². The van der Waals surface area contributed by atoms with Crippen molar-refractivity contribution in [3.05, 3.63) is 52.2 Å². The third-order valence-corrected chi connectivity index (χ3v) is 5.00. The standard InChI is InChI=1S/C17H20N2OS/c1-2-14(16-8-5-11-21-16)19-17(20)13-9-10-18-15-7-4-3-6-12(13)15/h3-8,11,13-14,18H,2,9-10H2,1H3,(H,19,20).